The molecule has 0 aliphatic rings. The standard InChI is InChI=1S/C58H112O6/c1-7-54(6)46-40-34-28-24-25-30-36-42-48-57(60)63-51-55(50-62-56(59)47-41-35-29-22-18-15-14-17-21-27-33-39-45-53(4)5)64-58(61)49-43-37-31-23-19-13-11-9-8-10-12-16-20-26-32-38-44-52(2)3/h52-55H,7-51H2,1-6H3/t54?,55-/m1/s1. The number of carbonyl (C=O) groups is 3. The lowest BCUT2D eigenvalue weighted by molar-refractivity contribution is -0.167. The number of ether oxygens (including phenoxy) is 3. The molecule has 6 nitrogen and oxygen atoms in total. The Labute approximate surface area is 399 Å². The van der Waals surface area contributed by atoms with Crippen molar-refractivity contribution in [1.29, 1.82) is 0 Å². The molecule has 0 saturated carbocycles. The Bertz CT molecular complexity index is 993. The van der Waals surface area contributed by atoms with E-state index in [0.29, 0.717) is 19.3 Å². The third-order valence-corrected chi connectivity index (χ3v) is 13.5. The van der Waals surface area contributed by atoms with Crippen LogP contribution in [0.3, 0.4) is 0 Å². The van der Waals surface area contributed by atoms with E-state index in [0.717, 1.165) is 75.5 Å². The first-order valence-corrected chi connectivity index (χ1v) is 28.6. The van der Waals surface area contributed by atoms with E-state index in [1.54, 1.807) is 0 Å². The Morgan fingerprint density at radius 1 is 0.312 bits per heavy atom. The summed E-state index contributed by atoms with van der Waals surface area (Å²) in [7, 11) is 0. The highest BCUT2D eigenvalue weighted by Crippen LogP contribution is 2.19. The van der Waals surface area contributed by atoms with Gasteiger partial charge < -0.3 is 14.2 Å². The van der Waals surface area contributed by atoms with Gasteiger partial charge in [0.25, 0.3) is 0 Å². The van der Waals surface area contributed by atoms with Gasteiger partial charge in [-0.3, -0.25) is 14.4 Å². The van der Waals surface area contributed by atoms with Crippen molar-refractivity contribution in [2.75, 3.05) is 13.2 Å². The Morgan fingerprint density at radius 2 is 0.547 bits per heavy atom. The Hall–Kier alpha value is -1.59. The lowest BCUT2D eigenvalue weighted by Gasteiger charge is -2.18. The third-order valence-electron chi connectivity index (χ3n) is 13.5. The number of esters is 3. The maximum Gasteiger partial charge on any atom is 0.306 e. The highest BCUT2D eigenvalue weighted by Gasteiger charge is 2.19. The molecular weight excluding hydrogens is 793 g/mol. The first-order chi connectivity index (χ1) is 31.1. The summed E-state index contributed by atoms with van der Waals surface area (Å²) in [6.45, 7) is 13.8. The molecule has 0 heterocycles. The maximum atomic E-state index is 12.9. The minimum absolute atomic E-state index is 0.0640. The van der Waals surface area contributed by atoms with Crippen molar-refractivity contribution in [3.63, 3.8) is 0 Å². The second-order valence-corrected chi connectivity index (χ2v) is 21.1. The first-order valence-electron chi connectivity index (χ1n) is 28.6. The summed E-state index contributed by atoms with van der Waals surface area (Å²) >= 11 is 0. The monoisotopic (exact) mass is 905 g/mol. The summed E-state index contributed by atoms with van der Waals surface area (Å²) in [6, 6.07) is 0. The van der Waals surface area contributed by atoms with Gasteiger partial charge in [-0.15, -0.1) is 0 Å². The van der Waals surface area contributed by atoms with Gasteiger partial charge in [-0.2, -0.15) is 0 Å². The molecule has 0 aliphatic heterocycles. The van der Waals surface area contributed by atoms with E-state index < -0.39 is 6.10 Å². The van der Waals surface area contributed by atoms with Crippen LogP contribution in [0.2, 0.25) is 0 Å². The van der Waals surface area contributed by atoms with Gasteiger partial charge in [-0.1, -0.05) is 279 Å². The van der Waals surface area contributed by atoms with Gasteiger partial charge >= 0.3 is 17.9 Å². The molecule has 0 spiro atoms. The summed E-state index contributed by atoms with van der Waals surface area (Å²) in [5.41, 5.74) is 0. The number of rotatable bonds is 51. The highest BCUT2D eigenvalue weighted by molar-refractivity contribution is 5.71. The molecule has 0 fully saturated rings. The number of hydrogen-bond donors (Lipinski definition) is 0. The number of hydrogen-bond acceptors (Lipinski definition) is 6. The van der Waals surface area contributed by atoms with Crippen LogP contribution >= 0.6 is 0 Å². The van der Waals surface area contributed by atoms with E-state index in [9.17, 15) is 14.4 Å². The van der Waals surface area contributed by atoms with E-state index in [1.807, 2.05) is 0 Å². The molecule has 0 aromatic heterocycles. The largest absolute Gasteiger partial charge is 0.462 e. The van der Waals surface area contributed by atoms with Crippen LogP contribution in [0.1, 0.15) is 318 Å². The van der Waals surface area contributed by atoms with Gasteiger partial charge in [0, 0.05) is 19.3 Å². The molecule has 2 atom stereocenters. The van der Waals surface area contributed by atoms with Crippen LogP contribution in [0, 0.1) is 17.8 Å². The highest BCUT2D eigenvalue weighted by atomic mass is 16.6. The number of unbranched alkanes of at least 4 members (excludes halogenated alkanes) is 33. The predicted molar refractivity (Wildman–Crippen MR) is 275 cm³/mol. The fraction of sp³-hybridized carbons (Fsp3) is 0.948. The zero-order chi connectivity index (χ0) is 47.0. The van der Waals surface area contributed by atoms with Gasteiger partial charge in [0.1, 0.15) is 13.2 Å². The van der Waals surface area contributed by atoms with Crippen molar-refractivity contribution in [3.8, 4) is 0 Å². The maximum absolute atomic E-state index is 12.9. The van der Waals surface area contributed by atoms with Gasteiger partial charge in [-0.25, -0.2) is 0 Å². The smallest absolute Gasteiger partial charge is 0.306 e. The molecule has 0 rings (SSSR count). The molecule has 380 valence electrons. The zero-order valence-corrected chi connectivity index (χ0v) is 44.1. The van der Waals surface area contributed by atoms with Crippen LogP contribution in [0.25, 0.3) is 0 Å². The summed E-state index contributed by atoms with van der Waals surface area (Å²) in [6.07, 6.45) is 50.9. The van der Waals surface area contributed by atoms with Crippen molar-refractivity contribution >= 4 is 17.9 Å². The van der Waals surface area contributed by atoms with E-state index in [4.69, 9.17) is 14.2 Å². The normalized spacial score (nSPS) is 12.6. The Kier molecular flexibility index (Phi) is 48.1. The van der Waals surface area contributed by atoms with Gasteiger partial charge in [0.2, 0.25) is 0 Å². The van der Waals surface area contributed by atoms with Crippen LogP contribution in [0.15, 0.2) is 0 Å². The molecule has 0 bridgehead atoms. The van der Waals surface area contributed by atoms with Crippen molar-refractivity contribution in [1.82, 2.24) is 0 Å². The first kappa shape index (κ1) is 62.4. The molecule has 0 radical (unpaired) electrons. The molecule has 0 amide bonds. The molecule has 6 heteroatoms. The molecule has 64 heavy (non-hydrogen) atoms. The lowest BCUT2D eigenvalue weighted by atomic mass is 9.99. The lowest BCUT2D eigenvalue weighted by Crippen LogP contribution is -2.30. The number of carbonyl (C=O) groups excluding carboxylic acids is 3. The van der Waals surface area contributed by atoms with E-state index in [2.05, 4.69) is 41.5 Å². The van der Waals surface area contributed by atoms with Crippen molar-refractivity contribution in [2.45, 2.75) is 324 Å². The van der Waals surface area contributed by atoms with Crippen LogP contribution < -0.4 is 0 Å². The molecular formula is C58H112O6. The fourth-order valence-corrected chi connectivity index (χ4v) is 8.79. The van der Waals surface area contributed by atoms with E-state index in [-0.39, 0.29) is 31.1 Å². The predicted octanol–water partition coefficient (Wildman–Crippen LogP) is 18.7. The topological polar surface area (TPSA) is 78.9 Å². The molecule has 0 saturated heterocycles. The van der Waals surface area contributed by atoms with Gasteiger partial charge in [0.15, 0.2) is 6.10 Å². The molecule has 0 aliphatic carbocycles. The van der Waals surface area contributed by atoms with Crippen molar-refractivity contribution in [2.24, 2.45) is 17.8 Å². The summed E-state index contributed by atoms with van der Waals surface area (Å²) in [5, 5.41) is 0. The van der Waals surface area contributed by atoms with E-state index >= 15 is 0 Å². The van der Waals surface area contributed by atoms with Crippen LogP contribution in [-0.4, -0.2) is 37.2 Å². The molecule has 0 aromatic rings. The van der Waals surface area contributed by atoms with Crippen LogP contribution in [0.5, 0.6) is 0 Å². The SMILES string of the molecule is CCC(C)CCCCCCCCCCC(=O)OC[C@@H](COC(=O)CCCCCCCCCCCCCCC(C)C)OC(=O)CCCCCCCCCCCCCCCCCCC(C)C. The van der Waals surface area contributed by atoms with Crippen molar-refractivity contribution < 1.29 is 28.6 Å². The van der Waals surface area contributed by atoms with E-state index in [1.165, 1.54) is 199 Å². The second kappa shape index (κ2) is 49.3. The van der Waals surface area contributed by atoms with Crippen LogP contribution in [0.4, 0.5) is 0 Å². The minimum atomic E-state index is -0.764. The molecule has 0 N–H and O–H groups in total. The minimum Gasteiger partial charge on any atom is -0.462 e. The average Bonchev–Trinajstić information content (AvgIpc) is 3.27. The molecule has 0 aromatic carbocycles. The average molecular weight is 906 g/mol. The second-order valence-electron chi connectivity index (χ2n) is 21.1. The molecule has 1 unspecified atom stereocenters. The zero-order valence-electron chi connectivity index (χ0n) is 44.1. The third kappa shape index (κ3) is 49.8. The van der Waals surface area contributed by atoms with Crippen LogP contribution in [-0.2, 0) is 28.6 Å². The quantitative estimate of drug-likeness (QED) is 0.0344. The summed E-state index contributed by atoms with van der Waals surface area (Å²) < 4.78 is 16.9. The fourth-order valence-electron chi connectivity index (χ4n) is 8.79. The van der Waals surface area contributed by atoms with Gasteiger partial charge in [0.05, 0.1) is 0 Å². The Balaban J connectivity index is 4.29. The van der Waals surface area contributed by atoms with Gasteiger partial charge in [-0.05, 0) is 37.0 Å². The Morgan fingerprint density at radius 3 is 0.812 bits per heavy atom. The summed E-state index contributed by atoms with van der Waals surface area (Å²) in [4.78, 5) is 38.1. The van der Waals surface area contributed by atoms with Crippen molar-refractivity contribution in [3.05, 3.63) is 0 Å². The summed E-state index contributed by atoms with van der Waals surface area (Å²) in [5.74, 6) is 1.69.